The Morgan fingerprint density at radius 1 is 1.24 bits per heavy atom. The van der Waals surface area contributed by atoms with Crippen molar-refractivity contribution < 1.29 is 9.53 Å². The summed E-state index contributed by atoms with van der Waals surface area (Å²) in [5.41, 5.74) is 0.898. The van der Waals surface area contributed by atoms with Gasteiger partial charge < -0.3 is 19.6 Å². The van der Waals surface area contributed by atoms with Gasteiger partial charge in [0, 0.05) is 19.3 Å². The molecule has 0 atom stereocenters. The van der Waals surface area contributed by atoms with Gasteiger partial charge in [-0.2, -0.15) is 0 Å². The molecule has 0 aliphatic carbocycles. The van der Waals surface area contributed by atoms with E-state index in [0.717, 1.165) is 11.3 Å². The zero-order chi connectivity index (χ0) is 15.2. The van der Waals surface area contributed by atoms with Crippen molar-refractivity contribution in [3.05, 3.63) is 52.2 Å². The van der Waals surface area contributed by atoms with Crippen molar-refractivity contribution in [1.82, 2.24) is 14.9 Å². The van der Waals surface area contributed by atoms with E-state index in [4.69, 9.17) is 4.74 Å². The highest BCUT2D eigenvalue weighted by Gasteiger charge is 2.16. The third kappa shape index (κ3) is 3.75. The first-order valence-electron chi connectivity index (χ1n) is 6.92. The Labute approximate surface area is 122 Å². The molecule has 2 rings (SSSR count). The predicted molar refractivity (Wildman–Crippen MR) is 79.4 cm³/mol. The number of nitrogens with zero attached hydrogens (tertiary/aromatic N) is 1. The predicted octanol–water partition coefficient (Wildman–Crippen LogP) is 1.76. The van der Waals surface area contributed by atoms with Crippen molar-refractivity contribution in [3.8, 4) is 5.75 Å². The maximum atomic E-state index is 12.3. The molecule has 1 amide bonds. The summed E-state index contributed by atoms with van der Waals surface area (Å²) in [6, 6.07) is 7.63. The molecule has 21 heavy (non-hydrogen) atoms. The molecule has 0 saturated heterocycles. The highest BCUT2D eigenvalue weighted by Crippen LogP contribution is 2.14. The molecule has 1 aromatic carbocycles. The van der Waals surface area contributed by atoms with Gasteiger partial charge in [0.25, 0.3) is 5.91 Å². The molecule has 1 aromatic heterocycles. The van der Waals surface area contributed by atoms with Crippen molar-refractivity contribution in [2.45, 2.75) is 20.4 Å². The minimum absolute atomic E-state index is 0.204. The van der Waals surface area contributed by atoms with Crippen LogP contribution in [0.25, 0.3) is 0 Å². The maximum Gasteiger partial charge on any atom is 0.323 e. The minimum Gasteiger partial charge on any atom is -0.494 e. The molecule has 0 saturated carbocycles. The van der Waals surface area contributed by atoms with Crippen LogP contribution in [0.15, 0.2) is 35.3 Å². The number of aromatic nitrogens is 2. The second kappa shape index (κ2) is 6.78. The van der Waals surface area contributed by atoms with Gasteiger partial charge in [0.15, 0.2) is 0 Å². The van der Waals surface area contributed by atoms with Crippen LogP contribution in [0.5, 0.6) is 5.75 Å². The van der Waals surface area contributed by atoms with E-state index in [1.165, 1.54) is 6.20 Å². The molecule has 6 nitrogen and oxygen atoms in total. The van der Waals surface area contributed by atoms with Crippen LogP contribution in [-0.2, 0) is 6.54 Å². The summed E-state index contributed by atoms with van der Waals surface area (Å²) in [5.74, 6) is 0.607. The number of nitrogens with one attached hydrogen (secondary N) is 2. The summed E-state index contributed by atoms with van der Waals surface area (Å²) in [6.45, 7) is 5.49. The molecule has 0 spiro atoms. The number of hydrogen-bond donors (Lipinski definition) is 2. The van der Waals surface area contributed by atoms with E-state index in [2.05, 4.69) is 9.97 Å². The molecule has 112 valence electrons. The SMILES string of the molecule is CCOc1ccc(CN(CC)C(=O)c2c[nH]c(=O)[nH]2)cc1. The first kappa shape index (κ1) is 14.9. The van der Waals surface area contributed by atoms with Crippen LogP contribution in [0.2, 0.25) is 0 Å². The van der Waals surface area contributed by atoms with Gasteiger partial charge in [0.1, 0.15) is 11.4 Å². The Kier molecular flexibility index (Phi) is 4.81. The van der Waals surface area contributed by atoms with E-state index in [1.54, 1.807) is 4.90 Å². The number of hydrogen-bond acceptors (Lipinski definition) is 3. The van der Waals surface area contributed by atoms with Crippen LogP contribution in [0, 0.1) is 0 Å². The average Bonchev–Trinajstić information content (AvgIpc) is 2.92. The van der Waals surface area contributed by atoms with Crippen LogP contribution < -0.4 is 10.4 Å². The summed E-state index contributed by atoms with van der Waals surface area (Å²) in [6.07, 6.45) is 1.39. The van der Waals surface area contributed by atoms with Gasteiger partial charge in [0.2, 0.25) is 0 Å². The van der Waals surface area contributed by atoms with E-state index in [9.17, 15) is 9.59 Å². The molecule has 2 N–H and O–H groups in total. The topological polar surface area (TPSA) is 78.2 Å². The molecular weight excluding hydrogens is 270 g/mol. The van der Waals surface area contributed by atoms with Crippen LogP contribution in [-0.4, -0.2) is 33.9 Å². The number of imidazole rings is 1. The number of rotatable bonds is 6. The molecule has 1 heterocycles. The second-order valence-corrected chi connectivity index (χ2v) is 4.55. The van der Waals surface area contributed by atoms with E-state index >= 15 is 0 Å². The van der Waals surface area contributed by atoms with Gasteiger partial charge >= 0.3 is 5.69 Å². The van der Waals surface area contributed by atoms with Gasteiger partial charge in [0.05, 0.1) is 6.61 Å². The fourth-order valence-electron chi connectivity index (χ4n) is 2.02. The van der Waals surface area contributed by atoms with Crippen molar-refractivity contribution >= 4 is 5.91 Å². The number of carbonyl (C=O) groups excluding carboxylic acids is 1. The molecule has 6 heteroatoms. The number of amides is 1. The highest BCUT2D eigenvalue weighted by atomic mass is 16.5. The van der Waals surface area contributed by atoms with Crippen molar-refractivity contribution in [1.29, 1.82) is 0 Å². The van der Waals surface area contributed by atoms with Crippen molar-refractivity contribution in [3.63, 3.8) is 0 Å². The smallest absolute Gasteiger partial charge is 0.323 e. The number of aromatic amines is 2. The van der Waals surface area contributed by atoms with Crippen molar-refractivity contribution in [2.75, 3.05) is 13.2 Å². The zero-order valence-electron chi connectivity index (χ0n) is 12.2. The lowest BCUT2D eigenvalue weighted by atomic mass is 10.2. The summed E-state index contributed by atoms with van der Waals surface area (Å²) < 4.78 is 5.39. The molecule has 0 bridgehead atoms. The quantitative estimate of drug-likeness (QED) is 0.850. The monoisotopic (exact) mass is 289 g/mol. The van der Waals surface area contributed by atoms with Crippen molar-refractivity contribution in [2.24, 2.45) is 0 Å². The average molecular weight is 289 g/mol. The van der Waals surface area contributed by atoms with Crippen LogP contribution in [0.1, 0.15) is 29.9 Å². The molecule has 0 aliphatic rings. The van der Waals surface area contributed by atoms with Gasteiger partial charge in [-0.1, -0.05) is 12.1 Å². The Balaban J connectivity index is 2.08. The number of benzene rings is 1. The summed E-state index contributed by atoms with van der Waals surface area (Å²) in [5, 5.41) is 0. The van der Waals surface area contributed by atoms with E-state index < -0.39 is 0 Å². The van der Waals surface area contributed by atoms with Gasteiger partial charge in [-0.3, -0.25) is 4.79 Å². The Morgan fingerprint density at radius 2 is 1.95 bits per heavy atom. The summed E-state index contributed by atoms with van der Waals surface area (Å²) in [4.78, 5) is 29.9. The largest absolute Gasteiger partial charge is 0.494 e. The van der Waals surface area contributed by atoms with Gasteiger partial charge in [-0.15, -0.1) is 0 Å². The lowest BCUT2D eigenvalue weighted by Crippen LogP contribution is -2.30. The second-order valence-electron chi connectivity index (χ2n) is 4.55. The third-order valence-electron chi connectivity index (χ3n) is 3.10. The van der Waals surface area contributed by atoms with Gasteiger partial charge in [-0.05, 0) is 31.5 Å². The zero-order valence-corrected chi connectivity index (χ0v) is 12.2. The lowest BCUT2D eigenvalue weighted by Gasteiger charge is -2.20. The molecule has 0 radical (unpaired) electrons. The third-order valence-corrected chi connectivity index (χ3v) is 3.10. The molecular formula is C15H19N3O3. The van der Waals surface area contributed by atoms with Crippen LogP contribution >= 0.6 is 0 Å². The first-order chi connectivity index (χ1) is 10.1. The normalized spacial score (nSPS) is 10.4. The number of ether oxygens (including phenoxy) is 1. The first-order valence-corrected chi connectivity index (χ1v) is 6.92. The Hall–Kier alpha value is -2.50. The fraction of sp³-hybridized carbons (Fsp3) is 0.333. The Morgan fingerprint density at radius 3 is 2.48 bits per heavy atom. The highest BCUT2D eigenvalue weighted by molar-refractivity contribution is 5.92. The van der Waals surface area contributed by atoms with E-state index in [1.807, 2.05) is 38.1 Å². The molecule has 0 fully saturated rings. The molecule has 0 unspecified atom stereocenters. The van der Waals surface area contributed by atoms with Crippen LogP contribution in [0.3, 0.4) is 0 Å². The minimum atomic E-state index is -0.379. The molecule has 0 aliphatic heterocycles. The summed E-state index contributed by atoms with van der Waals surface area (Å²) in [7, 11) is 0. The Bertz CT molecular complexity index is 643. The fourth-order valence-corrected chi connectivity index (χ4v) is 2.02. The molecule has 2 aromatic rings. The van der Waals surface area contributed by atoms with E-state index in [0.29, 0.717) is 19.7 Å². The number of H-pyrrole nitrogens is 2. The van der Waals surface area contributed by atoms with Gasteiger partial charge in [-0.25, -0.2) is 4.79 Å². The standard InChI is InChI=1S/C15H19N3O3/c1-3-18(14(19)13-9-16-15(20)17-13)10-11-5-7-12(8-6-11)21-4-2/h5-9H,3-4,10H2,1-2H3,(H2,16,17,20). The van der Waals surface area contributed by atoms with Crippen LogP contribution in [0.4, 0.5) is 0 Å². The van der Waals surface area contributed by atoms with E-state index in [-0.39, 0.29) is 17.3 Å². The maximum absolute atomic E-state index is 12.3. The number of carbonyl (C=O) groups is 1. The lowest BCUT2D eigenvalue weighted by molar-refractivity contribution is 0.0747. The summed E-state index contributed by atoms with van der Waals surface area (Å²) >= 11 is 0.